The molecule has 1 aromatic heterocycles. The predicted molar refractivity (Wildman–Crippen MR) is 97.7 cm³/mol. The number of amides is 1. The summed E-state index contributed by atoms with van der Waals surface area (Å²) < 4.78 is 11.7. The Balaban J connectivity index is 1.90. The van der Waals surface area contributed by atoms with Crippen molar-refractivity contribution in [1.29, 1.82) is 0 Å². The summed E-state index contributed by atoms with van der Waals surface area (Å²) in [5.41, 5.74) is 4.33. The molecule has 1 N–H and O–H groups in total. The number of nitrogens with zero attached hydrogens (tertiary/aromatic N) is 1. The number of carbonyl (C=O) groups is 1. The quantitative estimate of drug-likeness (QED) is 0.737. The second-order valence-electron chi connectivity index (χ2n) is 6.08. The number of benzene rings is 2. The van der Waals surface area contributed by atoms with Crippen LogP contribution >= 0.6 is 0 Å². The van der Waals surface area contributed by atoms with E-state index >= 15 is 0 Å². The monoisotopic (exact) mass is 338 g/mol. The fourth-order valence-electron chi connectivity index (χ4n) is 2.61. The first-order chi connectivity index (χ1) is 12.1. The highest BCUT2D eigenvalue weighted by molar-refractivity contribution is 5.80. The lowest BCUT2D eigenvalue weighted by Gasteiger charge is -2.12. The highest BCUT2D eigenvalue weighted by atomic mass is 16.5. The molecule has 0 radical (unpaired) electrons. The number of aromatic nitrogens is 1. The fourth-order valence-corrected chi connectivity index (χ4v) is 2.61. The molecule has 2 aromatic carbocycles. The van der Waals surface area contributed by atoms with Crippen molar-refractivity contribution in [1.82, 2.24) is 10.3 Å². The number of hydrogen-bond acceptors (Lipinski definition) is 4. The Bertz CT molecular complexity index is 899. The molecule has 0 fully saturated rings. The lowest BCUT2D eigenvalue weighted by atomic mass is 10.1. The van der Waals surface area contributed by atoms with Crippen LogP contribution in [0.1, 0.15) is 24.5 Å². The van der Waals surface area contributed by atoms with E-state index in [0.29, 0.717) is 18.2 Å². The number of fused-ring (bicyclic) bond motifs is 1. The van der Waals surface area contributed by atoms with Crippen LogP contribution in [0.5, 0.6) is 5.75 Å². The van der Waals surface area contributed by atoms with Crippen LogP contribution in [-0.4, -0.2) is 24.0 Å². The molecule has 0 aliphatic heterocycles. The third-order valence-corrected chi connectivity index (χ3v) is 3.91. The largest absolute Gasteiger partial charge is 0.483 e. The second kappa shape index (κ2) is 7.38. The number of nitrogens with one attached hydrogen (secondary N) is 1. The number of aryl methyl sites for hydroxylation is 2. The van der Waals surface area contributed by atoms with Crippen LogP contribution < -0.4 is 10.1 Å². The molecule has 5 nitrogen and oxygen atoms in total. The smallest absolute Gasteiger partial charge is 0.257 e. The van der Waals surface area contributed by atoms with Gasteiger partial charge in [0.15, 0.2) is 12.2 Å². The molecule has 0 atom stereocenters. The molecule has 0 saturated carbocycles. The first kappa shape index (κ1) is 17.0. The molecule has 0 bridgehead atoms. The molecule has 25 heavy (non-hydrogen) atoms. The number of ether oxygens (including phenoxy) is 1. The van der Waals surface area contributed by atoms with E-state index in [4.69, 9.17) is 9.15 Å². The van der Waals surface area contributed by atoms with Crippen LogP contribution in [0.3, 0.4) is 0 Å². The van der Waals surface area contributed by atoms with Gasteiger partial charge in [-0.25, -0.2) is 4.98 Å². The van der Waals surface area contributed by atoms with Gasteiger partial charge in [0.25, 0.3) is 5.91 Å². The SMILES string of the molecule is CCCNC(=O)COc1c(C)cccc1-c1nc2ccc(C)cc2o1. The maximum atomic E-state index is 11.8. The molecule has 130 valence electrons. The standard InChI is InChI=1S/C20H22N2O3/c1-4-10-21-18(23)12-24-19-14(3)6-5-7-15(19)20-22-16-9-8-13(2)11-17(16)25-20/h5-9,11H,4,10,12H2,1-3H3,(H,21,23). The summed E-state index contributed by atoms with van der Waals surface area (Å²) in [6.07, 6.45) is 0.893. The number of hydrogen-bond donors (Lipinski definition) is 1. The van der Waals surface area contributed by atoms with Gasteiger partial charge in [0.2, 0.25) is 5.89 Å². The van der Waals surface area contributed by atoms with E-state index < -0.39 is 0 Å². The van der Waals surface area contributed by atoms with Crippen LogP contribution in [0.25, 0.3) is 22.6 Å². The zero-order valence-electron chi connectivity index (χ0n) is 14.8. The van der Waals surface area contributed by atoms with E-state index in [0.717, 1.165) is 34.2 Å². The van der Waals surface area contributed by atoms with Gasteiger partial charge in [0, 0.05) is 6.54 Å². The Morgan fingerprint density at radius 3 is 2.88 bits per heavy atom. The van der Waals surface area contributed by atoms with Crippen LogP contribution in [0, 0.1) is 13.8 Å². The van der Waals surface area contributed by atoms with Crippen molar-refractivity contribution >= 4 is 17.0 Å². The zero-order chi connectivity index (χ0) is 17.8. The average Bonchev–Trinajstić information content (AvgIpc) is 3.01. The van der Waals surface area contributed by atoms with Gasteiger partial charge in [-0.2, -0.15) is 0 Å². The van der Waals surface area contributed by atoms with Crippen molar-refractivity contribution < 1.29 is 13.9 Å². The third-order valence-electron chi connectivity index (χ3n) is 3.91. The van der Waals surface area contributed by atoms with Crippen molar-refractivity contribution in [3.8, 4) is 17.2 Å². The number of para-hydroxylation sites is 1. The van der Waals surface area contributed by atoms with Crippen LogP contribution in [-0.2, 0) is 4.79 Å². The lowest BCUT2D eigenvalue weighted by Crippen LogP contribution is -2.29. The first-order valence-corrected chi connectivity index (χ1v) is 8.45. The van der Waals surface area contributed by atoms with E-state index in [-0.39, 0.29) is 12.5 Å². The Hall–Kier alpha value is -2.82. The van der Waals surface area contributed by atoms with Gasteiger partial charge in [-0.05, 0) is 49.6 Å². The van der Waals surface area contributed by atoms with Gasteiger partial charge < -0.3 is 14.5 Å². The van der Waals surface area contributed by atoms with Gasteiger partial charge in [-0.1, -0.05) is 25.1 Å². The summed E-state index contributed by atoms with van der Waals surface area (Å²) in [6, 6.07) is 11.7. The minimum atomic E-state index is -0.135. The summed E-state index contributed by atoms with van der Waals surface area (Å²) >= 11 is 0. The van der Waals surface area contributed by atoms with Crippen molar-refractivity contribution in [2.45, 2.75) is 27.2 Å². The van der Waals surface area contributed by atoms with E-state index in [2.05, 4.69) is 10.3 Å². The topological polar surface area (TPSA) is 64.4 Å². The Morgan fingerprint density at radius 2 is 2.08 bits per heavy atom. The fraction of sp³-hybridized carbons (Fsp3) is 0.300. The summed E-state index contributed by atoms with van der Waals surface area (Å²) in [6.45, 7) is 6.58. The molecule has 0 unspecified atom stereocenters. The van der Waals surface area contributed by atoms with Crippen LogP contribution in [0.2, 0.25) is 0 Å². The van der Waals surface area contributed by atoms with Crippen LogP contribution in [0.15, 0.2) is 40.8 Å². The van der Waals surface area contributed by atoms with Crippen LogP contribution in [0.4, 0.5) is 0 Å². The summed E-state index contributed by atoms with van der Waals surface area (Å²) in [5.74, 6) is 0.981. The molecule has 0 saturated heterocycles. The van der Waals surface area contributed by atoms with Crippen molar-refractivity contribution in [3.05, 3.63) is 47.5 Å². The Morgan fingerprint density at radius 1 is 1.24 bits per heavy atom. The molecule has 3 aromatic rings. The molecular formula is C20H22N2O3. The second-order valence-corrected chi connectivity index (χ2v) is 6.08. The van der Waals surface area contributed by atoms with Crippen molar-refractivity contribution in [3.63, 3.8) is 0 Å². The number of carbonyl (C=O) groups excluding carboxylic acids is 1. The Kier molecular flexibility index (Phi) is 5.03. The average molecular weight is 338 g/mol. The molecule has 0 spiro atoms. The van der Waals surface area contributed by atoms with E-state index in [1.165, 1.54) is 0 Å². The minimum Gasteiger partial charge on any atom is -0.483 e. The molecule has 3 rings (SSSR count). The normalized spacial score (nSPS) is 10.8. The minimum absolute atomic E-state index is 0.0306. The summed E-state index contributed by atoms with van der Waals surface area (Å²) in [4.78, 5) is 16.4. The van der Waals surface area contributed by atoms with E-state index in [1.807, 2.05) is 57.2 Å². The van der Waals surface area contributed by atoms with Crippen molar-refractivity contribution in [2.75, 3.05) is 13.2 Å². The third kappa shape index (κ3) is 3.82. The zero-order valence-corrected chi connectivity index (χ0v) is 14.8. The predicted octanol–water partition coefficient (Wildman–Crippen LogP) is 4.02. The highest BCUT2D eigenvalue weighted by Crippen LogP contribution is 2.34. The molecule has 0 aliphatic rings. The molecule has 5 heteroatoms. The highest BCUT2D eigenvalue weighted by Gasteiger charge is 2.16. The Labute approximate surface area is 147 Å². The molecular weight excluding hydrogens is 316 g/mol. The van der Waals surface area contributed by atoms with Gasteiger partial charge in [-0.3, -0.25) is 4.79 Å². The van der Waals surface area contributed by atoms with E-state index in [9.17, 15) is 4.79 Å². The maximum absolute atomic E-state index is 11.8. The number of rotatable bonds is 6. The molecule has 0 aliphatic carbocycles. The van der Waals surface area contributed by atoms with Gasteiger partial charge >= 0.3 is 0 Å². The number of oxazole rings is 1. The first-order valence-electron chi connectivity index (χ1n) is 8.45. The lowest BCUT2D eigenvalue weighted by molar-refractivity contribution is -0.123. The van der Waals surface area contributed by atoms with Crippen molar-refractivity contribution in [2.24, 2.45) is 0 Å². The molecule has 1 amide bonds. The molecule has 1 heterocycles. The summed E-state index contributed by atoms with van der Waals surface area (Å²) in [5, 5.41) is 2.81. The summed E-state index contributed by atoms with van der Waals surface area (Å²) in [7, 11) is 0. The maximum Gasteiger partial charge on any atom is 0.257 e. The van der Waals surface area contributed by atoms with E-state index in [1.54, 1.807) is 0 Å². The van der Waals surface area contributed by atoms with Gasteiger partial charge in [0.05, 0.1) is 5.56 Å². The van der Waals surface area contributed by atoms with Gasteiger partial charge in [0.1, 0.15) is 11.3 Å². The van der Waals surface area contributed by atoms with Gasteiger partial charge in [-0.15, -0.1) is 0 Å².